The van der Waals surface area contributed by atoms with Crippen LogP contribution in [0.1, 0.15) is 48.5 Å². The van der Waals surface area contributed by atoms with Crippen molar-refractivity contribution in [3.63, 3.8) is 0 Å². The summed E-state index contributed by atoms with van der Waals surface area (Å²) in [4.78, 5) is 28.9. The normalized spacial score (nSPS) is 13.9. The van der Waals surface area contributed by atoms with Crippen LogP contribution in [0.15, 0.2) is 48.5 Å². The van der Waals surface area contributed by atoms with E-state index in [-0.39, 0.29) is 11.8 Å². The molecule has 166 valence electrons. The molecule has 0 spiro atoms. The van der Waals surface area contributed by atoms with Crippen molar-refractivity contribution in [1.29, 1.82) is 0 Å². The number of hydrogen-bond donors (Lipinski definition) is 0. The van der Waals surface area contributed by atoms with Crippen molar-refractivity contribution in [3.8, 4) is 11.5 Å². The number of carbonyl (C=O) groups is 2. The van der Waals surface area contributed by atoms with Gasteiger partial charge in [0, 0.05) is 38.2 Å². The van der Waals surface area contributed by atoms with Crippen LogP contribution in [0.3, 0.4) is 0 Å². The maximum absolute atomic E-state index is 12.7. The van der Waals surface area contributed by atoms with Gasteiger partial charge in [0.25, 0.3) is 5.91 Å². The molecule has 1 fully saturated rings. The number of piperazine rings is 1. The first-order valence-electron chi connectivity index (χ1n) is 10.9. The Kier molecular flexibility index (Phi) is 7.93. The van der Waals surface area contributed by atoms with Gasteiger partial charge in [-0.05, 0) is 54.3 Å². The minimum atomic E-state index is 0.0373. The Balaban J connectivity index is 1.38. The summed E-state index contributed by atoms with van der Waals surface area (Å²) in [7, 11) is 1.63. The highest BCUT2D eigenvalue weighted by atomic mass is 16.5. The van der Waals surface area contributed by atoms with Gasteiger partial charge in [-0.3, -0.25) is 9.59 Å². The Morgan fingerprint density at radius 2 is 1.45 bits per heavy atom. The molecule has 0 aromatic heterocycles. The summed E-state index contributed by atoms with van der Waals surface area (Å²) in [5.41, 5.74) is 1.93. The first kappa shape index (κ1) is 22.7. The number of carbonyl (C=O) groups excluding carboxylic acids is 2. The van der Waals surface area contributed by atoms with Crippen molar-refractivity contribution in [1.82, 2.24) is 9.80 Å². The fourth-order valence-corrected chi connectivity index (χ4v) is 3.60. The highest BCUT2D eigenvalue weighted by molar-refractivity contribution is 5.94. The largest absolute Gasteiger partial charge is 0.497 e. The van der Waals surface area contributed by atoms with Crippen molar-refractivity contribution < 1.29 is 19.1 Å². The predicted octanol–water partition coefficient (Wildman–Crippen LogP) is 3.96. The van der Waals surface area contributed by atoms with E-state index in [1.165, 1.54) is 5.56 Å². The van der Waals surface area contributed by atoms with E-state index in [1.54, 1.807) is 7.11 Å². The molecule has 2 amide bonds. The lowest BCUT2D eigenvalue weighted by Crippen LogP contribution is -2.50. The lowest BCUT2D eigenvalue weighted by atomic mass is 10.0. The molecule has 2 aromatic carbocycles. The molecule has 31 heavy (non-hydrogen) atoms. The van der Waals surface area contributed by atoms with E-state index in [1.807, 2.05) is 58.3 Å². The molecular formula is C25H32N2O4. The second-order valence-electron chi connectivity index (χ2n) is 8.08. The van der Waals surface area contributed by atoms with Crippen LogP contribution in [-0.2, 0) is 4.79 Å². The molecule has 6 heteroatoms. The molecule has 1 heterocycles. The predicted molar refractivity (Wildman–Crippen MR) is 121 cm³/mol. The topological polar surface area (TPSA) is 59.1 Å². The summed E-state index contributed by atoms with van der Waals surface area (Å²) in [6.07, 6.45) is 1.10. The summed E-state index contributed by atoms with van der Waals surface area (Å²) >= 11 is 0. The van der Waals surface area contributed by atoms with Crippen LogP contribution in [0.2, 0.25) is 0 Å². The zero-order valence-electron chi connectivity index (χ0n) is 18.7. The van der Waals surface area contributed by atoms with Crippen LogP contribution in [0.25, 0.3) is 0 Å². The van der Waals surface area contributed by atoms with E-state index in [9.17, 15) is 9.59 Å². The molecule has 0 aliphatic carbocycles. The van der Waals surface area contributed by atoms with E-state index in [2.05, 4.69) is 13.8 Å². The Bertz CT molecular complexity index is 854. The van der Waals surface area contributed by atoms with Gasteiger partial charge in [0.1, 0.15) is 11.5 Å². The van der Waals surface area contributed by atoms with E-state index in [0.29, 0.717) is 57.1 Å². The number of benzene rings is 2. The fourth-order valence-electron chi connectivity index (χ4n) is 3.60. The van der Waals surface area contributed by atoms with Gasteiger partial charge < -0.3 is 19.3 Å². The number of ether oxygens (including phenoxy) is 2. The Labute approximate surface area is 184 Å². The summed E-state index contributed by atoms with van der Waals surface area (Å²) in [6.45, 7) is 7.05. The molecule has 1 aliphatic heterocycles. The van der Waals surface area contributed by atoms with Crippen molar-refractivity contribution in [2.24, 2.45) is 0 Å². The second-order valence-corrected chi connectivity index (χ2v) is 8.08. The van der Waals surface area contributed by atoms with E-state index in [0.717, 1.165) is 11.5 Å². The van der Waals surface area contributed by atoms with Crippen molar-refractivity contribution in [2.45, 2.75) is 32.6 Å². The minimum Gasteiger partial charge on any atom is -0.497 e. The van der Waals surface area contributed by atoms with Gasteiger partial charge in [-0.1, -0.05) is 26.0 Å². The van der Waals surface area contributed by atoms with Gasteiger partial charge in [-0.25, -0.2) is 0 Å². The van der Waals surface area contributed by atoms with Crippen LogP contribution in [0, 0.1) is 0 Å². The van der Waals surface area contributed by atoms with Crippen LogP contribution in [0.5, 0.6) is 11.5 Å². The molecule has 1 aliphatic rings. The number of rotatable bonds is 8. The van der Waals surface area contributed by atoms with Crippen LogP contribution in [-0.4, -0.2) is 61.5 Å². The average molecular weight is 425 g/mol. The molecule has 0 atom stereocenters. The summed E-state index contributed by atoms with van der Waals surface area (Å²) in [6, 6.07) is 15.2. The molecular weight excluding hydrogens is 392 g/mol. The molecule has 1 saturated heterocycles. The van der Waals surface area contributed by atoms with Crippen LogP contribution in [0.4, 0.5) is 0 Å². The third-order valence-corrected chi connectivity index (χ3v) is 5.61. The van der Waals surface area contributed by atoms with E-state index in [4.69, 9.17) is 9.47 Å². The maximum Gasteiger partial charge on any atom is 0.253 e. The first-order chi connectivity index (χ1) is 15.0. The molecule has 0 saturated carbocycles. The van der Waals surface area contributed by atoms with Crippen molar-refractivity contribution >= 4 is 11.8 Å². The van der Waals surface area contributed by atoms with Gasteiger partial charge in [-0.2, -0.15) is 0 Å². The minimum absolute atomic E-state index is 0.0373. The molecule has 0 bridgehead atoms. The number of amides is 2. The lowest BCUT2D eigenvalue weighted by Gasteiger charge is -2.35. The Morgan fingerprint density at radius 1 is 0.871 bits per heavy atom. The molecule has 0 unspecified atom stereocenters. The third-order valence-electron chi connectivity index (χ3n) is 5.61. The van der Waals surface area contributed by atoms with E-state index >= 15 is 0 Å². The smallest absolute Gasteiger partial charge is 0.253 e. The monoisotopic (exact) mass is 424 g/mol. The van der Waals surface area contributed by atoms with Gasteiger partial charge in [0.05, 0.1) is 13.7 Å². The molecule has 0 radical (unpaired) electrons. The Hall–Kier alpha value is -3.02. The van der Waals surface area contributed by atoms with Crippen LogP contribution >= 0.6 is 0 Å². The molecule has 3 rings (SSSR count). The lowest BCUT2D eigenvalue weighted by molar-refractivity contribution is -0.132. The van der Waals surface area contributed by atoms with Crippen molar-refractivity contribution in [3.05, 3.63) is 59.7 Å². The fraction of sp³-hybridized carbons (Fsp3) is 0.440. The van der Waals surface area contributed by atoms with Gasteiger partial charge in [-0.15, -0.1) is 0 Å². The van der Waals surface area contributed by atoms with Gasteiger partial charge >= 0.3 is 0 Å². The average Bonchev–Trinajstić information content (AvgIpc) is 2.81. The number of nitrogens with zero attached hydrogens (tertiary/aromatic N) is 2. The quantitative estimate of drug-likeness (QED) is 0.602. The zero-order valence-corrected chi connectivity index (χ0v) is 18.7. The van der Waals surface area contributed by atoms with Gasteiger partial charge in [0.2, 0.25) is 5.91 Å². The zero-order chi connectivity index (χ0) is 22.2. The van der Waals surface area contributed by atoms with Crippen molar-refractivity contribution in [2.75, 3.05) is 39.9 Å². The third kappa shape index (κ3) is 6.23. The summed E-state index contributed by atoms with van der Waals surface area (Å²) in [5, 5.41) is 0. The Morgan fingerprint density at radius 3 is 2.03 bits per heavy atom. The second kappa shape index (κ2) is 10.8. The van der Waals surface area contributed by atoms with Crippen LogP contribution < -0.4 is 9.47 Å². The molecule has 6 nitrogen and oxygen atoms in total. The first-order valence-corrected chi connectivity index (χ1v) is 10.9. The summed E-state index contributed by atoms with van der Waals surface area (Å²) in [5.74, 6) is 2.15. The SMILES string of the molecule is COc1ccc(OCCCC(=O)N2CCN(C(=O)c3ccc(C(C)C)cc3)CC2)cc1. The van der Waals surface area contributed by atoms with Gasteiger partial charge in [0.15, 0.2) is 0 Å². The summed E-state index contributed by atoms with van der Waals surface area (Å²) < 4.78 is 10.8. The molecule has 2 aromatic rings. The maximum atomic E-state index is 12.7. The number of methoxy groups -OCH3 is 1. The molecule has 0 N–H and O–H groups in total. The number of hydrogen-bond acceptors (Lipinski definition) is 4. The highest BCUT2D eigenvalue weighted by Crippen LogP contribution is 2.18. The standard InChI is InChI=1S/C25H32N2O4/c1-19(2)20-6-8-21(9-7-20)25(29)27-16-14-26(15-17-27)24(28)5-4-18-31-23-12-10-22(30-3)11-13-23/h6-13,19H,4-5,14-18H2,1-3H3. The van der Waals surface area contributed by atoms with E-state index < -0.39 is 0 Å². The highest BCUT2D eigenvalue weighted by Gasteiger charge is 2.24.